The molecular formula is C15H17N5O. The van der Waals surface area contributed by atoms with Gasteiger partial charge in [0.2, 0.25) is 0 Å². The highest BCUT2D eigenvalue weighted by molar-refractivity contribution is 5.94. The minimum Gasteiger partial charge on any atom is -0.384 e. The molecule has 0 unspecified atom stereocenters. The van der Waals surface area contributed by atoms with E-state index in [0.29, 0.717) is 24.5 Å². The molecule has 2 aromatic heterocycles. The van der Waals surface area contributed by atoms with Crippen molar-refractivity contribution in [3.05, 3.63) is 48.4 Å². The summed E-state index contributed by atoms with van der Waals surface area (Å²) >= 11 is 0. The van der Waals surface area contributed by atoms with E-state index in [2.05, 4.69) is 14.9 Å². The predicted octanol–water partition coefficient (Wildman–Crippen LogP) is 1.02. The summed E-state index contributed by atoms with van der Waals surface area (Å²) in [6.07, 6.45) is 5.05. The number of carbonyl (C=O) groups excluding carboxylic acids is 1. The fourth-order valence-electron chi connectivity index (χ4n) is 2.42. The molecule has 1 aliphatic rings. The molecule has 0 aliphatic carbocycles. The molecule has 1 aliphatic heterocycles. The molecule has 0 saturated carbocycles. The minimum atomic E-state index is 0.0400. The van der Waals surface area contributed by atoms with E-state index in [1.54, 1.807) is 36.8 Å². The number of pyridine rings is 2. The van der Waals surface area contributed by atoms with E-state index in [9.17, 15) is 4.79 Å². The lowest BCUT2D eigenvalue weighted by Crippen LogP contribution is -2.48. The van der Waals surface area contributed by atoms with Crippen LogP contribution in [-0.4, -0.2) is 47.0 Å². The van der Waals surface area contributed by atoms with E-state index < -0.39 is 0 Å². The van der Waals surface area contributed by atoms with E-state index >= 15 is 0 Å². The van der Waals surface area contributed by atoms with Crippen molar-refractivity contribution in [1.82, 2.24) is 14.9 Å². The smallest absolute Gasteiger partial charge is 0.255 e. The average Bonchev–Trinajstić information content (AvgIpc) is 2.56. The minimum absolute atomic E-state index is 0.0400. The third-order valence-electron chi connectivity index (χ3n) is 3.61. The van der Waals surface area contributed by atoms with Crippen LogP contribution in [-0.2, 0) is 0 Å². The number of aromatic nitrogens is 2. The van der Waals surface area contributed by atoms with Crippen LogP contribution in [0.1, 0.15) is 10.4 Å². The first-order valence-electron chi connectivity index (χ1n) is 6.90. The molecule has 108 valence electrons. The molecule has 1 amide bonds. The van der Waals surface area contributed by atoms with Gasteiger partial charge in [-0.25, -0.2) is 4.98 Å². The lowest BCUT2D eigenvalue weighted by atomic mass is 10.2. The maximum atomic E-state index is 12.3. The average molecular weight is 283 g/mol. The predicted molar refractivity (Wildman–Crippen MR) is 81.0 cm³/mol. The van der Waals surface area contributed by atoms with Crippen molar-refractivity contribution in [2.45, 2.75) is 0 Å². The van der Waals surface area contributed by atoms with Crippen molar-refractivity contribution in [3.8, 4) is 0 Å². The summed E-state index contributed by atoms with van der Waals surface area (Å²) in [5.74, 6) is 0.558. The Morgan fingerprint density at radius 1 is 1.10 bits per heavy atom. The van der Waals surface area contributed by atoms with Crippen molar-refractivity contribution in [2.75, 3.05) is 36.8 Å². The highest BCUT2D eigenvalue weighted by atomic mass is 16.2. The summed E-state index contributed by atoms with van der Waals surface area (Å²) in [4.78, 5) is 24.5. The summed E-state index contributed by atoms with van der Waals surface area (Å²) in [6.45, 7) is 2.96. The van der Waals surface area contributed by atoms with E-state index in [0.717, 1.165) is 18.8 Å². The molecule has 2 N–H and O–H groups in total. The molecule has 0 atom stereocenters. The zero-order valence-corrected chi connectivity index (χ0v) is 11.6. The Hall–Kier alpha value is -2.63. The summed E-state index contributed by atoms with van der Waals surface area (Å²) in [7, 11) is 0. The third kappa shape index (κ3) is 2.94. The highest BCUT2D eigenvalue weighted by Gasteiger charge is 2.22. The summed E-state index contributed by atoms with van der Waals surface area (Å²) in [6, 6.07) is 7.33. The molecule has 1 fully saturated rings. The second-order valence-corrected chi connectivity index (χ2v) is 4.96. The number of nitrogens with zero attached hydrogens (tertiary/aromatic N) is 4. The molecule has 0 radical (unpaired) electrons. The van der Waals surface area contributed by atoms with Gasteiger partial charge in [-0.2, -0.15) is 0 Å². The number of amides is 1. The Bertz CT molecular complexity index is 606. The monoisotopic (exact) mass is 283 g/mol. The summed E-state index contributed by atoms with van der Waals surface area (Å²) in [5, 5.41) is 0. The van der Waals surface area contributed by atoms with E-state index in [1.807, 2.05) is 11.0 Å². The Morgan fingerprint density at radius 3 is 2.52 bits per heavy atom. The van der Waals surface area contributed by atoms with Crippen molar-refractivity contribution >= 4 is 17.4 Å². The molecule has 0 aromatic carbocycles. The van der Waals surface area contributed by atoms with Crippen LogP contribution in [0.3, 0.4) is 0 Å². The molecule has 0 bridgehead atoms. The second-order valence-electron chi connectivity index (χ2n) is 4.96. The highest BCUT2D eigenvalue weighted by Crippen LogP contribution is 2.17. The van der Waals surface area contributed by atoms with Gasteiger partial charge in [0.15, 0.2) is 0 Å². The first-order chi connectivity index (χ1) is 10.2. The van der Waals surface area contributed by atoms with Gasteiger partial charge < -0.3 is 15.5 Å². The van der Waals surface area contributed by atoms with Crippen LogP contribution in [0.15, 0.2) is 42.9 Å². The molecule has 6 heteroatoms. The van der Waals surface area contributed by atoms with E-state index in [-0.39, 0.29) is 5.91 Å². The molecule has 1 saturated heterocycles. The van der Waals surface area contributed by atoms with Crippen LogP contribution in [0.25, 0.3) is 0 Å². The third-order valence-corrected chi connectivity index (χ3v) is 3.61. The Balaban J connectivity index is 1.63. The molecule has 0 spiro atoms. The fourth-order valence-corrected chi connectivity index (χ4v) is 2.42. The Labute approximate surface area is 123 Å². The number of hydrogen-bond donors (Lipinski definition) is 1. The zero-order valence-electron chi connectivity index (χ0n) is 11.6. The van der Waals surface area contributed by atoms with Crippen LogP contribution >= 0.6 is 0 Å². The number of hydrogen-bond acceptors (Lipinski definition) is 5. The van der Waals surface area contributed by atoms with Gasteiger partial charge in [-0.15, -0.1) is 0 Å². The maximum Gasteiger partial charge on any atom is 0.255 e. The van der Waals surface area contributed by atoms with Crippen molar-refractivity contribution in [1.29, 1.82) is 0 Å². The lowest BCUT2D eigenvalue weighted by Gasteiger charge is -2.35. The first kappa shape index (κ1) is 13.4. The van der Waals surface area contributed by atoms with Gasteiger partial charge in [-0.3, -0.25) is 9.78 Å². The standard InChI is InChI=1S/C15H17N5O/c16-14-4-3-13(11-18-14)19-6-8-20(9-7-19)15(21)12-2-1-5-17-10-12/h1-5,10-11H,6-9H2,(H2,16,18). The van der Waals surface area contributed by atoms with Crippen LogP contribution in [0.5, 0.6) is 0 Å². The number of nitrogens with two attached hydrogens (primary N) is 1. The van der Waals surface area contributed by atoms with Gasteiger partial charge in [-0.05, 0) is 24.3 Å². The fraction of sp³-hybridized carbons (Fsp3) is 0.267. The molecule has 3 heterocycles. The van der Waals surface area contributed by atoms with Crippen LogP contribution in [0.4, 0.5) is 11.5 Å². The Kier molecular flexibility index (Phi) is 3.68. The normalized spacial score (nSPS) is 15.0. The summed E-state index contributed by atoms with van der Waals surface area (Å²) in [5.41, 5.74) is 7.27. The van der Waals surface area contributed by atoms with Gasteiger partial charge in [0, 0.05) is 38.6 Å². The molecular weight excluding hydrogens is 266 g/mol. The van der Waals surface area contributed by atoms with Crippen LogP contribution < -0.4 is 10.6 Å². The molecule has 6 nitrogen and oxygen atoms in total. The van der Waals surface area contributed by atoms with Gasteiger partial charge in [-0.1, -0.05) is 0 Å². The topological polar surface area (TPSA) is 75.3 Å². The van der Waals surface area contributed by atoms with Crippen molar-refractivity contribution in [3.63, 3.8) is 0 Å². The van der Waals surface area contributed by atoms with E-state index in [4.69, 9.17) is 5.73 Å². The van der Waals surface area contributed by atoms with Gasteiger partial charge in [0.05, 0.1) is 17.4 Å². The number of piperazine rings is 1. The zero-order chi connectivity index (χ0) is 14.7. The van der Waals surface area contributed by atoms with Gasteiger partial charge in [0.1, 0.15) is 5.82 Å². The number of nitrogen functional groups attached to an aromatic ring is 1. The largest absolute Gasteiger partial charge is 0.384 e. The van der Waals surface area contributed by atoms with E-state index in [1.165, 1.54) is 0 Å². The number of rotatable bonds is 2. The number of anilines is 2. The SMILES string of the molecule is Nc1ccc(N2CCN(C(=O)c3cccnc3)CC2)cn1. The molecule has 21 heavy (non-hydrogen) atoms. The summed E-state index contributed by atoms with van der Waals surface area (Å²) < 4.78 is 0. The number of carbonyl (C=O) groups is 1. The van der Waals surface area contributed by atoms with Gasteiger partial charge in [0.25, 0.3) is 5.91 Å². The maximum absolute atomic E-state index is 12.3. The first-order valence-corrected chi connectivity index (χ1v) is 6.90. The van der Waals surface area contributed by atoms with Crippen LogP contribution in [0, 0.1) is 0 Å². The van der Waals surface area contributed by atoms with Crippen molar-refractivity contribution in [2.24, 2.45) is 0 Å². The molecule has 3 rings (SSSR count). The quantitative estimate of drug-likeness (QED) is 0.890. The second kappa shape index (κ2) is 5.78. The van der Waals surface area contributed by atoms with Crippen molar-refractivity contribution < 1.29 is 4.79 Å². The lowest BCUT2D eigenvalue weighted by molar-refractivity contribution is 0.0746. The Morgan fingerprint density at radius 2 is 1.90 bits per heavy atom. The molecule has 2 aromatic rings. The van der Waals surface area contributed by atoms with Crippen LogP contribution in [0.2, 0.25) is 0 Å². The van der Waals surface area contributed by atoms with Gasteiger partial charge >= 0.3 is 0 Å².